The first-order valence-corrected chi connectivity index (χ1v) is 7.37. The molecule has 0 saturated heterocycles. The van der Waals surface area contributed by atoms with Gasteiger partial charge in [-0.3, -0.25) is 0 Å². The van der Waals surface area contributed by atoms with Gasteiger partial charge < -0.3 is 14.3 Å². The molecule has 0 bridgehead atoms. The minimum atomic E-state index is 0.542. The third-order valence-corrected chi connectivity index (χ3v) is 4.15. The summed E-state index contributed by atoms with van der Waals surface area (Å²) in [5, 5.41) is 2.92. The number of nitrogens with zero attached hydrogens (tertiary/aromatic N) is 3. The number of hydrogen-bond acceptors (Lipinski definition) is 4. The Morgan fingerprint density at radius 1 is 1.33 bits per heavy atom. The van der Waals surface area contributed by atoms with Crippen LogP contribution in [0.3, 0.4) is 0 Å². The molecule has 21 heavy (non-hydrogen) atoms. The zero-order valence-corrected chi connectivity index (χ0v) is 12.3. The maximum Gasteiger partial charge on any atom is 0.295 e. The number of rotatable bonds is 2. The second-order valence-electron chi connectivity index (χ2n) is 5.79. The zero-order chi connectivity index (χ0) is 14.4. The van der Waals surface area contributed by atoms with E-state index in [0.717, 1.165) is 41.2 Å². The summed E-state index contributed by atoms with van der Waals surface area (Å²) in [4.78, 5) is 9.19. The van der Waals surface area contributed by atoms with Gasteiger partial charge in [-0.2, -0.15) is 4.98 Å². The molecule has 1 aromatic carbocycles. The predicted molar refractivity (Wildman–Crippen MR) is 82.3 cm³/mol. The Morgan fingerprint density at radius 3 is 3.10 bits per heavy atom. The summed E-state index contributed by atoms with van der Waals surface area (Å²) in [5.74, 6) is 1.92. The number of fused-ring (bicyclic) bond motifs is 2. The lowest BCUT2D eigenvalue weighted by Crippen LogP contribution is -2.16. The number of aryl methyl sites for hydroxylation is 1. The van der Waals surface area contributed by atoms with Gasteiger partial charge in [0.2, 0.25) is 0 Å². The molecule has 5 heteroatoms. The van der Waals surface area contributed by atoms with Crippen LogP contribution in [0.25, 0.3) is 22.4 Å². The van der Waals surface area contributed by atoms with E-state index >= 15 is 0 Å². The Hall–Kier alpha value is -2.30. The van der Waals surface area contributed by atoms with Crippen LogP contribution in [0.4, 0.5) is 6.01 Å². The number of hydrogen-bond donors (Lipinski definition) is 1. The largest absolute Gasteiger partial charge is 0.424 e. The molecule has 1 unspecified atom stereocenters. The fourth-order valence-corrected chi connectivity index (χ4v) is 2.92. The van der Waals surface area contributed by atoms with Crippen molar-refractivity contribution in [1.29, 1.82) is 0 Å². The quantitative estimate of drug-likeness (QED) is 0.783. The Morgan fingerprint density at radius 2 is 2.24 bits per heavy atom. The summed E-state index contributed by atoms with van der Waals surface area (Å²) in [5.41, 5.74) is 3.76. The Bertz CT molecular complexity index is 802. The summed E-state index contributed by atoms with van der Waals surface area (Å²) < 4.78 is 7.83. The monoisotopic (exact) mass is 282 g/mol. The molecule has 4 rings (SSSR count). The third-order valence-electron chi connectivity index (χ3n) is 4.15. The van der Waals surface area contributed by atoms with Crippen LogP contribution in [0.15, 0.2) is 28.8 Å². The van der Waals surface area contributed by atoms with E-state index < -0.39 is 0 Å². The van der Waals surface area contributed by atoms with Gasteiger partial charge in [0.15, 0.2) is 5.58 Å². The molecular weight excluding hydrogens is 264 g/mol. The number of oxazole rings is 1. The molecule has 3 heterocycles. The molecule has 0 amide bonds. The average molecular weight is 282 g/mol. The molecule has 0 aliphatic carbocycles. The van der Waals surface area contributed by atoms with Gasteiger partial charge in [0.25, 0.3) is 6.01 Å². The van der Waals surface area contributed by atoms with Crippen LogP contribution in [-0.4, -0.2) is 21.6 Å². The van der Waals surface area contributed by atoms with E-state index in [1.807, 2.05) is 18.2 Å². The van der Waals surface area contributed by atoms with Gasteiger partial charge >= 0.3 is 0 Å². The van der Waals surface area contributed by atoms with Crippen molar-refractivity contribution in [2.24, 2.45) is 5.92 Å². The SMILES string of the molecule is CNc1nc2cc(-c3cn4c(n3)CC(C)CC4)ccc2o1. The van der Waals surface area contributed by atoms with E-state index in [9.17, 15) is 0 Å². The van der Waals surface area contributed by atoms with Crippen LogP contribution < -0.4 is 5.32 Å². The van der Waals surface area contributed by atoms with Crippen molar-refractivity contribution in [3.05, 3.63) is 30.2 Å². The smallest absolute Gasteiger partial charge is 0.295 e. The summed E-state index contributed by atoms with van der Waals surface area (Å²) in [6.07, 6.45) is 4.45. The van der Waals surface area contributed by atoms with Crippen LogP contribution in [0.5, 0.6) is 0 Å². The van der Waals surface area contributed by atoms with Gasteiger partial charge in [-0.15, -0.1) is 0 Å². The van der Waals surface area contributed by atoms with Crippen molar-refractivity contribution < 1.29 is 4.42 Å². The molecule has 2 aromatic heterocycles. The van der Waals surface area contributed by atoms with E-state index in [1.165, 1.54) is 12.2 Å². The molecular formula is C16H18N4O. The highest BCUT2D eigenvalue weighted by atomic mass is 16.4. The lowest BCUT2D eigenvalue weighted by molar-refractivity contribution is 0.409. The minimum Gasteiger partial charge on any atom is -0.424 e. The van der Waals surface area contributed by atoms with Crippen molar-refractivity contribution in [3.63, 3.8) is 0 Å². The van der Waals surface area contributed by atoms with Gasteiger partial charge in [-0.05, 0) is 30.5 Å². The zero-order valence-electron chi connectivity index (χ0n) is 12.3. The van der Waals surface area contributed by atoms with Crippen molar-refractivity contribution in [3.8, 4) is 11.3 Å². The number of imidazole rings is 1. The average Bonchev–Trinajstić information content (AvgIpc) is 3.08. The molecule has 1 atom stereocenters. The van der Waals surface area contributed by atoms with E-state index in [0.29, 0.717) is 6.01 Å². The first-order chi connectivity index (χ1) is 10.2. The molecule has 0 fully saturated rings. The Kier molecular flexibility index (Phi) is 2.74. The number of nitrogens with one attached hydrogen (secondary N) is 1. The second-order valence-corrected chi connectivity index (χ2v) is 5.79. The van der Waals surface area contributed by atoms with Gasteiger partial charge in [0.05, 0.1) is 5.69 Å². The van der Waals surface area contributed by atoms with E-state index in [4.69, 9.17) is 9.40 Å². The summed E-state index contributed by atoms with van der Waals surface area (Å²) >= 11 is 0. The van der Waals surface area contributed by atoms with Gasteiger partial charge in [-0.1, -0.05) is 6.92 Å². The third kappa shape index (κ3) is 2.09. The van der Waals surface area contributed by atoms with Crippen LogP contribution in [0, 0.1) is 5.92 Å². The van der Waals surface area contributed by atoms with Crippen LogP contribution >= 0.6 is 0 Å². The molecule has 5 nitrogen and oxygen atoms in total. The molecule has 0 saturated carbocycles. The van der Waals surface area contributed by atoms with Gasteiger partial charge in [0, 0.05) is 31.8 Å². The fraction of sp³-hybridized carbons (Fsp3) is 0.375. The molecule has 0 radical (unpaired) electrons. The summed E-state index contributed by atoms with van der Waals surface area (Å²) in [6, 6.07) is 6.59. The lowest BCUT2D eigenvalue weighted by Gasteiger charge is -2.18. The minimum absolute atomic E-state index is 0.542. The predicted octanol–water partition coefficient (Wildman–Crippen LogP) is 3.32. The maximum atomic E-state index is 5.56. The molecule has 108 valence electrons. The van der Waals surface area contributed by atoms with E-state index in [2.05, 4.69) is 28.0 Å². The second kappa shape index (κ2) is 4.62. The first-order valence-electron chi connectivity index (χ1n) is 7.37. The summed E-state index contributed by atoms with van der Waals surface area (Å²) in [7, 11) is 1.80. The summed E-state index contributed by atoms with van der Waals surface area (Å²) in [6.45, 7) is 3.36. The van der Waals surface area contributed by atoms with Crippen molar-refractivity contribution in [2.75, 3.05) is 12.4 Å². The first kappa shape index (κ1) is 12.4. The van der Waals surface area contributed by atoms with E-state index in [1.54, 1.807) is 7.05 Å². The number of aromatic nitrogens is 3. The van der Waals surface area contributed by atoms with Crippen LogP contribution in [-0.2, 0) is 13.0 Å². The topological polar surface area (TPSA) is 55.9 Å². The number of anilines is 1. The standard InChI is InChI=1S/C16H18N4O/c1-10-5-6-20-9-13(18-15(20)7-10)11-3-4-14-12(8-11)19-16(17-2)21-14/h3-4,8-10H,5-7H2,1-2H3,(H,17,19). The fourth-order valence-electron chi connectivity index (χ4n) is 2.92. The molecule has 1 N–H and O–H groups in total. The van der Waals surface area contributed by atoms with Crippen LogP contribution in [0.1, 0.15) is 19.2 Å². The molecule has 1 aliphatic rings. The highest BCUT2D eigenvalue weighted by molar-refractivity contribution is 5.80. The maximum absolute atomic E-state index is 5.56. The van der Waals surface area contributed by atoms with Gasteiger partial charge in [-0.25, -0.2) is 4.98 Å². The number of benzene rings is 1. The van der Waals surface area contributed by atoms with Gasteiger partial charge in [0.1, 0.15) is 11.3 Å². The Labute approximate surface area is 123 Å². The highest BCUT2D eigenvalue weighted by Crippen LogP contribution is 2.28. The Balaban J connectivity index is 1.76. The van der Waals surface area contributed by atoms with Crippen molar-refractivity contribution in [1.82, 2.24) is 14.5 Å². The van der Waals surface area contributed by atoms with Crippen molar-refractivity contribution >= 4 is 17.1 Å². The highest BCUT2D eigenvalue weighted by Gasteiger charge is 2.18. The van der Waals surface area contributed by atoms with Crippen molar-refractivity contribution in [2.45, 2.75) is 26.3 Å². The normalized spacial score (nSPS) is 17.9. The lowest BCUT2D eigenvalue weighted by atomic mass is 10.0. The molecule has 1 aliphatic heterocycles. The van der Waals surface area contributed by atoms with E-state index in [-0.39, 0.29) is 0 Å². The molecule has 3 aromatic rings. The van der Waals surface area contributed by atoms with Crippen LogP contribution in [0.2, 0.25) is 0 Å². The molecule has 0 spiro atoms.